The van der Waals surface area contributed by atoms with Gasteiger partial charge in [0.05, 0.1) is 13.1 Å². The minimum atomic E-state index is -0.0530. The Kier molecular flexibility index (Phi) is 7.19. The highest BCUT2D eigenvalue weighted by Gasteiger charge is 2.24. The van der Waals surface area contributed by atoms with Crippen LogP contribution in [0.4, 0.5) is 11.4 Å². The van der Waals surface area contributed by atoms with Crippen LogP contribution in [0.2, 0.25) is 0 Å². The number of amides is 3. The molecule has 4 rings (SSSR count). The van der Waals surface area contributed by atoms with Crippen molar-refractivity contribution in [3.05, 3.63) is 24.3 Å². The van der Waals surface area contributed by atoms with Gasteiger partial charge in [0.15, 0.2) is 0 Å². The maximum absolute atomic E-state index is 12.5. The zero-order valence-corrected chi connectivity index (χ0v) is 18.2. The summed E-state index contributed by atoms with van der Waals surface area (Å²) < 4.78 is 0. The molecule has 0 aromatic heterocycles. The van der Waals surface area contributed by atoms with Crippen molar-refractivity contribution in [3.63, 3.8) is 0 Å². The maximum Gasteiger partial charge on any atom is 0.238 e. The van der Waals surface area contributed by atoms with Gasteiger partial charge in [0, 0.05) is 63.6 Å². The van der Waals surface area contributed by atoms with E-state index in [4.69, 9.17) is 0 Å². The molecule has 1 aromatic rings. The van der Waals surface area contributed by atoms with E-state index < -0.39 is 0 Å². The molecule has 0 bridgehead atoms. The molecule has 0 aliphatic carbocycles. The Morgan fingerprint density at radius 1 is 0.839 bits per heavy atom. The largest absolute Gasteiger partial charge is 0.342 e. The summed E-state index contributed by atoms with van der Waals surface area (Å²) in [4.78, 5) is 45.0. The first kappa shape index (κ1) is 21.8. The fourth-order valence-electron chi connectivity index (χ4n) is 4.62. The molecule has 3 saturated heterocycles. The third-order valence-electron chi connectivity index (χ3n) is 6.41. The fraction of sp³-hybridized carbons (Fsp3) is 0.609. The van der Waals surface area contributed by atoms with Crippen LogP contribution in [0.25, 0.3) is 0 Å². The van der Waals surface area contributed by atoms with E-state index in [1.54, 1.807) is 4.90 Å². The highest BCUT2D eigenvalue weighted by atomic mass is 16.2. The van der Waals surface area contributed by atoms with Gasteiger partial charge in [-0.05, 0) is 43.9 Å². The van der Waals surface area contributed by atoms with E-state index in [0.29, 0.717) is 25.2 Å². The number of likely N-dealkylation sites (tertiary alicyclic amines) is 1. The third kappa shape index (κ3) is 5.83. The maximum atomic E-state index is 12.5. The highest BCUT2D eigenvalue weighted by molar-refractivity contribution is 5.97. The van der Waals surface area contributed by atoms with Crippen molar-refractivity contribution in [1.82, 2.24) is 14.7 Å². The highest BCUT2D eigenvalue weighted by Crippen LogP contribution is 2.24. The van der Waals surface area contributed by atoms with Gasteiger partial charge in [-0.15, -0.1) is 0 Å². The van der Waals surface area contributed by atoms with Crippen LogP contribution in [-0.4, -0.2) is 91.3 Å². The Balaban J connectivity index is 1.20. The summed E-state index contributed by atoms with van der Waals surface area (Å²) in [6.45, 7) is 6.52. The second kappa shape index (κ2) is 10.2. The predicted octanol–water partition coefficient (Wildman–Crippen LogP) is 1.38. The van der Waals surface area contributed by atoms with Crippen molar-refractivity contribution < 1.29 is 14.4 Å². The number of piperidine rings is 1. The number of carbonyl (C=O) groups excluding carboxylic acids is 3. The lowest BCUT2D eigenvalue weighted by Crippen LogP contribution is -2.51. The molecule has 1 N–H and O–H groups in total. The molecule has 3 aliphatic rings. The number of nitrogens with one attached hydrogen (secondary N) is 1. The predicted molar refractivity (Wildman–Crippen MR) is 120 cm³/mol. The van der Waals surface area contributed by atoms with Gasteiger partial charge in [0.25, 0.3) is 0 Å². The summed E-state index contributed by atoms with van der Waals surface area (Å²) >= 11 is 0. The zero-order chi connectivity index (χ0) is 21.6. The standard InChI is InChI=1S/C23H33N5O3/c29-21(24-19-6-4-7-20(16-19)28-11-5-8-22(28)30)17-25-12-14-26(15-13-25)18-23(31)27-9-2-1-3-10-27/h4,6-7,16H,1-3,5,8-15,17-18H2,(H,24,29). The zero-order valence-electron chi connectivity index (χ0n) is 18.2. The fourth-order valence-corrected chi connectivity index (χ4v) is 4.62. The van der Waals surface area contributed by atoms with Gasteiger partial charge in [-0.2, -0.15) is 0 Å². The molecular weight excluding hydrogens is 394 g/mol. The number of benzene rings is 1. The van der Waals surface area contributed by atoms with E-state index in [1.807, 2.05) is 29.2 Å². The first-order valence-corrected chi connectivity index (χ1v) is 11.5. The van der Waals surface area contributed by atoms with Crippen molar-refractivity contribution in [2.75, 3.05) is 69.1 Å². The summed E-state index contributed by atoms with van der Waals surface area (Å²) in [5.41, 5.74) is 1.56. The first-order valence-electron chi connectivity index (χ1n) is 11.5. The van der Waals surface area contributed by atoms with Crippen molar-refractivity contribution in [1.29, 1.82) is 0 Å². The molecule has 168 valence electrons. The number of nitrogens with zero attached hydrogens (tertiary/aromatic N) is 4. The molecule has 3 heterocycles. The Hall–Kier alpha value is -2.45. The molecule has 0 spiro atoms. The number of piperazine rings is 1. The average Bonchev–Trinajstić information content (AvgIpc) is 3.22. The van der Waals surface area contributed by atoms with Crippen LogP contribution >= 0.6 is 0 Å². The minimum Gasteiger partial charge on any atom is -0.342 e. The van der Waals surface area contributed by atoms with Crippen LogP contribution in [-0.2, 0) is 14.4 Å². The van der Waals surface area contributed by atoms with Crippen LogP contribution in [0.1, 0.15) is 32.1 Å². The molecule has 31 heavy (non-hydrogen) atoms. The quantitative estimate of drug-likeness (QED) is 0.742. The summed E-state index contributed by atoms with van der Waals surface area (Å²) in [7, 11) is 0. The number of hydrogen-bond acceptors (Lipinski definition) is 5. The molecule has 8 heteroatoms. The van der Waals surface area contributed by atoms with Crippen molar-refractivity contribution >= 4 is 29.1 Å². The lowest BCUT2D eigenvalue weighted by molar-refractivity contribution is -0.134. The SMILES string of the molecule is O=C(CN1CCN(CC(=O)N2CCCCC2)CC1)Nc1cccc(N2CCCC2=O)c1. The van der Waals surface area contributed by atoms with Crippen molar-refractivity contribution in [2.24, 2.45) is 0 Å². The van der Waals surface area contributed by atoms with E-state index in [9.17, 15) is 14.4 Å². The van der Waals surface area contributed by atoms with Crippen LogP contribution in [0.15, 0.2) is 24.3 Å². The minimum absolute atomic E-state index is 0.0530. The molecule has 1 aromatic carbocycles. The summed E-state index contributed by atoms with van der Waals surface area (Å²) in [5.74, 6) is 0.324. The Bertz CT molecular complexity index is 800. The second-order valence-electron chi connectivity index (χ2n) is 8.74. The lowest BCUT2D eigenvalue weighted by atomic mass is 10.1. The first-order chi connectivity index (χ1) is 15.1. The Morgan fingerprint density at radius 3 is 2.23 bits per heavy atom. The van der Waals surface area contributed by atoms with Crippen molar-refractivity contribution in [2.45, 2.75) is 32.1 Å². The van der Waals surface area contributed by atoms with Crippen LogP contribution in [0.5, 0.6) is 0 Å². The second-order valence-corrected chi connectivity index (χ2v) is 8.74. The van der Waals surface area contributed by atoms with Gasteiger partial charge in [-0.1, -0.05) is 6.07 Å². The van der Waals surface area contributed by atoms with Crippen molar-refractivity contribution in [3.8, 4) is 0 Å². The average molecular weight is 428 g/mol. The van der Waals surface area contributed by atoms with Gasteiger partial charge >= 0.3 is 0 Å². The molecule has 0 radical (unpaired) electrons. The number of anilines is 2. The van der Waals surface area contributed by atoms with Crippen LogP contribution in [0.3, 0.4) is 0 Å². The summed E-state index contributed by atoms with van der Waals surface area (Å²) in [6.07, 6.45) is 4.93. The summed E-state index contributed by atoms with van der Waals surface area (Å²) in [5, 5.41) is 2.96. The van der Waals surface area contributed by atoms with E-state index in [0.717, 1.165) is 70.8 Å². The summed E-state index contributed by atoms with van der Waals surface area (Å²) in [6, 6.07) is 7.50. The van der Waals surface area contributed by atoms with E-state index in [-0.39, 0.29) is 17.7 Å². The third-order valence-corrected chi connectivity index (χ3v) is 6.41. The van der Waals surface area contributed by atoms with Gasteiger partial charge in [0.1, 0.15) is 0 Å². The number of hydrogen-bond donors (Lipinski definition) is 1. The molecule has 0 unspecified atom stereocenters. The Labute approximate surface area is 184 Å². The number of rotatable bonds is 6. The van der Waals surface area contributed by atoms with E-state index in [2.05, 4.69) is 15.1 Å². The molecule has 3 fully saturated rings. The van der Waals surface area contributed by atoms with Gasteiger partial charge in [-0.25, -0.2) is 0 Å². The van der Waals surface area contributed by atoms with Gasteiger partial charge < -0.3 is 15.1 Å². The Morgan fingerprint density at radius 2 is 1.55 bits per heavy atom. The topological polar surface area (TPSA) is 76.2 Å². The molecular formula is C23H33N5O3. The smallest absolute Gasteiger partial charge is 0.238 e. The molecule has 3 amide bonds. The molecule has 0 atom stereocenters. The van der Waals surface area contributed by atoms with E-state index in [1.165, 1.54) is 6.42 Å². The molecule has 3 aliphatic heterocycles. The molecule has 8 nitrogen and oxygen atoms in total. The monoisotopic (exact) mass is 427 g/mol. The van der Waals surface area contributed by atoms with E-state index >= 15 is 0 Å². The van der Waals surface area contributed by atoms with Gasteiger partial charge in [0.2, 0.25) is 17.7 Å². The lowest BCUT2D eigenvalue weighted by Gasteiger charge is -2.35. The van der Waals surface area contributed by atoms with Crippen LogP contribution < -0.4 is 10.2 Å². The van der Waals surface area contributed by atoms with Gasteiger partial charge in [-0.3, -0.25) is 24.2 Å². The van der Waals surface area contributed by atoms with Crippen LogP contribution in [0, 0.1) is 0 Å². The number of carbonyl (C=O) groups is 3. The normalized spacial score (nSPS) is 20.8. The molecule has 0 saturated carbocycles.